The average molecular weight is 449 g/mol. The third-order valence-electron chi connectivity index (χ3n) is 5.97. The number of carboxylic acid groups (broad SMARTS) is 1. The van der Waals surface area contributed by atoms with Gasteiger partial charge in [-0.3, -0.25) is 14.8 Å². The Balaban J connectivity index is 1.45. The number of H-pyrrole nitrogens is 1. The monoisotopic (exact) mass is 449 g/mol. The number of carbonyl (C=O) groups excluding carboxylic acids is 1. The smallest absolute Gasteiger partial charge is 0.404 e. The molecule has 170 valence electrons. The maximum atomic E-state index is 13.1. The molecule has 0 radical (unpaired) electrons. The number of nitrogens with zero attached hydrogens (tertiary/aromatic N) is 3. The van der Waals surface area contributed by atoms with Crippen molar-refractivity contribution in [1.29, 1.82) is 0 Å². The largest absolute Gasteiger partial charge is 0.496 e. The number of methoxy groups -OCH3 is 1. The molecule has 0 bridgehead atoms. The number of likely N-dealkylation sites (tertiary alicyclic amines) is 1. The highest BCUT2D eigenvalue weighted by Crippen LogP contribution is 2.41. The average Bonchev–Trinajstić information content (AvgIpc) is 3.35. The number of aromatic nitrogens is 3. The first kappa shape index (κ1) is 21.0. The summed E-state index contributed by atoms with van der Waals surface area (Å²) in [5.41, 5.74) is 2.43. The summed E-state index contributed by atoms with van der Waals surface area (Å²) in [5, 5.41) is 19.5. The van der Waals surface area contributed by atoms with Gasteiger partial charge in [0.2, 0.25) is 5.78 Å². The van der Waals surface area contributed by atoms with Crippen LogP contribution in [0.1, 0.15) is 34.5 Å². The molecule has 0 saturated carbocycles. The first-order valence-electron chi connectivity index (χ1n) is 10.7. The molecule has 3 aromatic rings. The molecule has 4 heterocycles. The van der Waals surface area contributed by atoms with Gasteiger partial charge < -0.3 is 19.9 Å². The number of pyridine rings is 1. The van der Waals surface area contributed by atoms with Gasteiger partial charge in [-0.25, -0.2) is 9.78 Å². The first-order chi connectivity index (χ1) is 16.0. The van der Waals surface area contributed by atoms with E-state index in [9.17, 15) is 9.59 Å². The second-order valence-electron chi connectivity index (χ2n) is 8.10. The lowest BCUT2D eigenvalue weighted by molar-refractivity contribution is 0.101. The zero-order valence-electron chi connectivity index (χ0n) is 18.0. The molecule has 2 aliphatic rings. The number of hydrogen-bond acceptors (Lipinski definition) is 7. The Hall–Kier alpha value is -3.92. The number of ether oxygens (including phenoxy) is 2. The van der Waals surface area contributed by atoms with Crippen LogP contribution in [0.3, 0.4) is 0 Å². The number of carbonyl (C=O) groups is 2. The first-order valence-corrected chi connectivity index (χ1v) is 10.7. The van der Waals surface area contributed by atoms with Gasteiger partial charge in [0, 0.05) is 36.8 Å². The predicted molar refractivity (Wildman–Crippen MR) is 119 cm³/mol. The molecular formula is C23H23N5O5. The SMILES string of the molecule is COc1ccc2c(c1CN1CCC[C@H](NC(=O)O)C1)OC(=Cc1n[nH]c3ncccc13)C2=O. The van der Waals surface area contributed by atoms with Crippen LogP contribution in [0.5, 0.6) is 11.5 Å². The van der Waals surface area contributed by atoms with E-state index in [1.54, 1.807) is 37.6 Å². The van der Waals surface area contributed by atoms with E-state index in [4.69, 9.17) is 14.6 Å². The highest BCUT2D eigenvalue weighted by molar-refractivity contribution is 6.15. The minimum absolute atomic E-state index is 0.140. The third-order valence-corrected chi connectivity index (χ3v) is 5.97. The molecule has 1 aromatic carbocycles. The van der Waals surface area contributed by atoms with Gasteiger partial charge in [-0.15, -0.1) is 0 Å². The van der Waals surface area contributed by atoms with Crippen molar-refractivity contribution in [3.8, 4) is 11.5 Å². The van der Waals surface area contributed by atoms with E-state index in [1.807, 2.05) is 6.07 Å². The molecule has 1 atom stereocenters. The van der Waals surface area contributed by atoms with E-state index in [0.29, 0.717) is 41.5 Å². The Morgan fingerprint density at radius 2 is 2.30 bits per heavy atom. The number of amides is 1. The summed E-state index contributed by atoms with van der Waals surface area (Å²) in [5.74, 6) is 1.04. The number of hydrogen-bond donors (Lipinski definition) is 3. The minimum atomic E-state index is -1.02. The summed E-state index contributed by atoms with van der Waals surface area (Å²) >= 11 is 0. The zero-order chi connectivity index (χ0) is 22.9. The van der Waals surface area contributed by atoms with Gasteiger partial charge in [-0.1, -0.05) is 0 Å². The number of piperidine rings is 1. The van der Waals surface area contributed by atoms with Crippen LogP contribution in [0.25, 0.3) is 17.1 Å². The Labute approximate surface area is 189 Å². The molecule has 10 heteroatoms. The zero-order valence-corrected chi connectivity index (χ0v) is 18.0. The van der Waals surface area contributed by atoms with Gasteiger partial charge in [0.15, 0.2) is 11.4 Å². The number of aromatic amines is 1. The second kappa shape index (κ2) is 8.55. The number of ketones is 1. The Kier molecular flexibility index (Phi) is 5.43. The van der Waals surface area contributed by atoms with Crippen LogP contribution in [-0.4, -0.2) is 63.3 Å². The summed E-state index contributed by atoms with van der Waals surface area (Å²) in [6.07, 6.45) is 3.92. The summed E-state index contributed by atoms with van der Waals surface area (Å²) in [4.78, 5) is 30.5. The summed E-state index contributed by atoms with van der Waals surface area (Å²) in [6, 6.07) is 7.01. The van der Waals surface area contributed by atoms with E-state index >= 15 is 0 Å². The summed E-state index contributed by atoms with van der Waals surface area (Å²) < 4.78 is 11.6. The van der Waals surface area contributed by atoms with Crippen molar-refractivity contribution < 1.29 is 24.2 Å². The predicted octanol–water partition coefficient (Wildman–Crippen LogP) is 2.81. The topological polar surface area (TPSA) is 130 Å². The van der Waals surface area contributed by atoms with E-state index < -0.39 is 6.09 Å². The van der Waals surface area contributed by atoms with Crippen LogP contribution in [0, 0.1) is 0 Å². The minimum Gasteiger partial charge on any atom is -0.496 e. The van der Waals surface area contributed by atoms with E-state index in [2.05, 4.69) is 25.4 Å². The van der Waals surface area contributed by atoms with Gasteiger partial charge in [0.05, 0.1) is 23.9 Å². The van der Waals surface area contributed by atoms with Crippen LogP contribution in [0.2, 0.25) is 0 Å². The highest BCUT2D eigenvalue weighted by Gasteiger charge is 2.33. The van der Waals surface area contributed by atoms with Gasteiger partial charge in [0.25, 0.3) is 0 Å². The lowest BCUT2D eigenvalue weighted by Gasteiger charge is -2.33. The van der Waals surface area contributed by atoms with Gasteiger partial charge >= 0.3 is 6.09 Å². The van der Waals surface area contributed by atoms with Crippen molar-refractivity contribution >= 4 is 29.0 Å². The number of Topliss-reactive ketones (excluding diaryl/α,β-unsaturated/α-hetero) is 1. The fraction of sp³-hybridized carbons (Fsp3) is 0.304. The van der Waals surface area contributed by atoms with Crippen molar-refractivity contribution in [3.63, 3.8) is 0 Å². The molecule has 1 saturated heterocycles. The molecule has 5 rings (SSSR count). The lowest BCUT2D eigenvalue weighted by Crippen LogP contribution is -2.47. The number of rotatable bonds is 5. The molecule has 2 aliphatic heterocycles. The molecule has 33 heavy (non-hydrogen) atoms. The normalized spacial score (nSPS) is 19.5. The standard InChI is InChI=1S/C23H23N5O5/c1-32-18-7-6-15-20(29)19(10-17-14-5-2-8-24-22(14)27-26-17)33-21(15)16(18)12-28-9-3-4-13(11-28)25-23(30)31/h2,5-8,10,13,25H,3-4,9,11-12H2,1H3,(H,30,31)(H,24,26,27)/t13-/m0/s1. The molecule has 2 aromatic heterocycles. The number of fused-ring (bicyclic) bond motifs is 2. The van der Waals surface area contributed by atoms with Crippen molar-refractivity contribution in [2.45, 2.75) is 25.4 Å². The summed E-state index contributed by atoms with van der Waals surface area (Å²) in [6.45, 7) is 1.86. The van der Waals surface area contributed by atoms with Crippen LogP contribution in [0.4, 0.5) is 4.79 Å². The van der Waals surface area contributed by atoms with Crippen LogP contribution in [-0.2, 0) is 6.54 Å². The van der Waals surface area contributed by atoms with Crippen molar-refractivity contribution in [3.05, 3.63) is 53.0 Å². The lowest BCUT2D eigenvalue weighted by atomic mass is 10.0. The fourth-order valence-electron chi connectivity index (χ4n) is 4.45. The summed E-state index contributed by atoms with van der Waals surface area (Å²) in [7, 11) is 1.58. The second-order valence-corrected chi connectivity index (χ2v) is 8.10. The maximum Gasteiger partial charge on any atom is 0.404 e. The van der Waals surface area contributed by atoms with Crippen molar-refractivity contribution in [2.24, 2.45) is 0 Å². The molecular weight excluding hydrogens is 426 g/mol. The Morgan fingerprint density at radius 3 is 3.12 bits per heavy atom. The van der Waals surface area contributed by atoms with Gasteiger partial charge in [-0.2, -0.15) is 5.10 Å². The molecule has 1 fully saturated rings. The molecule has 1 amide bonds. The maximum absolute atomic E-state index is 13.1. The number of benzene rings is 1. The van der Waals surface area contributed by atoms with Crippen molar-refractivity contribution in [2.75, 3.05) is 20.2 Å². The van der Waals surface area contributed by atoms with Gasteiger partial charge in [-0.05, 0) is 43.7 Å². The van der Waals surface area contributed by atoms with E-state index in [1.165, 1.54) is 0 Å². The molecule has 10 nitrogen and oxygen atoms in total. The fourth-order valence-corrected chi connectivity index (χ4v) is 4.45. The molecule has 0 spiro atoms. The van der Waals surface area contributed by atoms with Crippen LogP contribution < -0.4 is 14.8 Å². The Bertz CT molecular complexity index is 1270. The van der Waals surface area contributed by atoms with Crippen LogP contribution >= 0.6 is 0 Å². The molecule has 0 aliphatic carbocycles. The molecule has 0 unspecified atom stereocenters. The van der Waals surface area contributed by atoms with Crippen LogP contribution in [0.15, 0.2) is 36.2 Å². The molecule has 3 N–H and O–H groups in total. The number of allylic oxidation sites excluding steroid dienone is 1. The number of nitrogens with one attached hydrogen (secondary N) is 2. The Morgan fingerprint density at radius 1 is 1.42 bits per heavy atom. The highest BCUT2D eigenvalue weighted by atomic mass is 16.5. The van der Waals surface area contributed by atoms with Crippen molar-refractivity contribution in [1.82, 2.24) is 25.4 Å². The third kappa shape index (κ3) is 4.00. The quantitative estimate of drug-likeness (QED) is 0.507. The van der Waals surface area contributed by atoms with E-state index in [0.717, 1.165) is 30.3 Å². The van der Waals surface area contributed by atoms with Gasteiger partial charge in [0.1, 0.15) is 11.5 Å². The van der Waals surface area contributed by atoms with E-state index in [-0.39, 0.29) is 17.6 Å².